The lowest BCUT2D eigenvalue weighted by Crippen LogP contribution is -2.44. The molecule has 2 aliphatic rings. The third-order valence-corrected chi connectivity index (χ3v) is 7.62. The Hall–Kier alpha value is -1.95. The molecule has 0 N–H and O–H groups in total. The Balaban J connectivity index is 1.43. The molecule has 0 radical (unpaired) electrons. The second-order valence-electron chi connectivity index (χ2n) is 8.08. The number of hydrogen-bond acceptors (Lipinski definition) is 4. The van der Waals surface area contributed by atoms with Gasteiger partial charge in [0.25, 0.3) is 0 Å². The first kappa shape index (κ1) is 20.9. The van der Waals surface area contributed by atoms with E-state index in [-0.39, 0.29) is 5.82 Å². The second kappa shape index (κ2) is 8.53. The van der Waals surface area contributed by atoms with Crippen LogP contribution in [0.4, 0.5) is 15.8 Å². The van der Waals surface area contributed by atoms with Gasteiger partial charge in [0.2, 0.25) is 0 Å². The maximum Gasteiger partial charge on any atom is 0.131 e. The Labute approximate surface area is 196 Å². The highest BCUT2D eigenvalue weighted by molar-refractivity contribution is 7.99. The summed E-state index contributed by atoms with van der Waals surface area (Å²) in [5.41, 5.74) is 5.53. The molecule has 2 aromatic carbocycles. The minimum atomic E-state index is -0.312. The van der Waals surface area contributed by atoms with E-state index >= 15 is 0 Å². The lowest BCUT2D eigenvalue weighted by molar-refractivity contribution is 0.480. The van der Waals surface area contributed by atoms with Crippen molar-refractivity contribution in [1.29, 1.82) is 0 Å². The van der Waals surface area contributed by atoms with Gasteiger partial charge in [0.05, 0.1) is 16.6 Å². The molecular weight excluding hydrogens is 452 g/mol. The van der Waals surface area contributed by atoms with Gasteiger partial charge in [0.15, 0.2) is 0 Å². The van der Waals surface area contributed by atoms with Crippen LogP contribution >= 0.6 is 35.0 Å². The Morgan fingerprint density at radius 3 is 2.58 bits per heavy atom. The Morgan fingerprint density at radius 2 is 1.84 bits per heavy atom. The average Bonchev–Trinajstić information content (AvgIpc) is 3.17. The van der Waals surface area contributed by atoms with Crippen LogP contribution < -0.4 is 9.80 Å². The summed E-state index contributed by atoms with van der Waals surface area (Å²) in [4.78, 5) is 10.3. The highest BCUT2D eigenvalue weighted by Crippen LogP contribution is 2.49. The number of fused-ring (bicyclic) bond motifs is 1. The number of aryl methyl sites for hydroxylation is 1. The number of hydrogen-bond donors (Lipinski definition) is 0. The molecule has 2 aliphatic heterocycles. The summed E-state index contributed by atoms with van der Waals surface area (Å²) in [5.74, 6) is 0.615. The average molecular weight is 474 g/mol. The molecule has 0 atom stereocenters. The Kier molecular flexibility index (Phi) is 5.76. The summed E-state index contributed by atoms with van der Waals surface area (Å²) in [7, 11) is 0. The molecule has 0 unspecified atom stereocenters. The van der Waals surface area contributed by atoms with Crippen LogP contribution in [0.15, 0.2) is 53.6 Å². The number of thioether (sulfide) groups is 1. The predicted octanol–water partition coefficient (Wildman–Crippen LogP) is 7.04. The molecule has 0 spiro atoms. The Bertz CT molecular complexity index is 1130. The van der Waals surface area contributed by atoms with Gasteiger partial charge in [0.1, 0.15) is 11.0 Å². The number of rotatable bonds is 3. The normalized spacial score (nSPS) is 16.6. The number of anilines is 2. The standard InChI is InChI=1S/C24H22Cl2FN3S/c1-15-10-20(19-3-2-16(27)12-21(19)25)24-22(11-15)31-14-30(24)17-5-8-29(9-6-17)18-4-7-28-23(26)13-18/h2-4,7,10-13,17H,5-6,8-9,14H2,1H3. The van der Waals surface area contributed by atoms with Crippen LogP contribution in [0.1, 0.15) is 18.4 Å². The van der Waals surface area contributed by atoms with E-state index in [9.17, 15) is 4.39 Å². The zero-order valence-electron chi connectivity index (χ0n) is 17.1. The molecule has 5 rings (SSSR count). The van der Waals surface area contributed by atoms with Crippen molar-refractivity contribution in [2.45, 2.75) is 30.7 Å². The van der Waals surface area contributed by atoms with Crippen molar-refractivity contribution >= 4 is 46.3 Å². The number of pyridine rings is 1. The van der Waals surface area contributed by atoms with E-state index in [2.05, 4.69) is 33.8 Å². The van der Waals surface area contributed by atoms with Gasteiger partial charge in [-0.1, -0.05) is 23.2 Å². The molecule has 1 saturated heterocycles. The molecule has 0 saturated carbocycles. The van der Waals surface area contributed by atoms with Crippen LogP contribution in [0.25, 0.3) is 11.1 Å². The SMILES string of the molecule is Cc1cc2c(c(-c3ccc(F)cc3Cl)c1)N(C1CCN(c3ccnc(Cl)c3)CC1)CS2. The number of nitrogens with zero attached hydrogens (tertiary/aromatic N) is 3. The summed E-state index contributed by atoms with van der Waals surface area (Å²) >= 11 is 14.4. The fourth-order valence-electron chi connectivity index (χ4n) is 4.58. The Morgan fingerprint density at radius 1 is 1.03 bits per heavy atom. The van der Waals surface area contributed by atoms with E-state index in [0.717, 1.165) is 48.6 Å². The van der Waals surface area contributed by atoms with Crippen LogP contribution in [0.2, 0.25) is 10.2 Å². The first-order valence-electron chi connectivity index (χ1n) is 10.4. The van der Waals surface area contributed by atoms with Crippen molar-refractivity contribution in [1.82, 2.24) is 4.98 Å². The van der Waals surface area contributed by atoms with Crippen molar-refractivity contribution < 1.29 is 4.39 Å². The summed E-state index contributed by atoms with van der Waals surface area (Å²) in [6.07, 6.45) is 3.88. The molecule has 0 amide bonds. The quantitative estimate of drug-likeness (QED) is 0.379. The minimum absolute atomic E-state index is 0.312. The van der Waals surface area contributed by atoms with Crippen molar-refractivity contribution in [3.05, 3.63) is 70.2 Å². The summed E-state index contributed by atoms with van der Waals surface area (Å²) in [5, 5.41) is 0.981. The molecule has 3 heterocycles. The third kappa shape index (κ3) is 4.11. The number of benzene rings is 2. The smallest absolute Gasteiger partial charge is 0.131 e. The predicted molar refractivity (Wildman–Crippen MR) is 129 cm³/mol. The highest BCUT2D eigenvalue weighted by atomic mass is 35.5. The van der Waals surface area contributed by atoms with Crippen molar-refractivity contribution in [3.8, 4) is 11.1 Å². The van der Waals surface area contributed by atoms with Crippen LogP contribution in [-0.4, -0.2) is 30.0 Å². The summed E-state index contributed by atoms with van der Waals surface area (Å²) in [6.45, 7) is 4.04. The number of piperidine rings is 1. The molecule has 7 heteroatoms. The van der Waals surface area contributed by atoms with Crippen molar-refractivity contribution in [2.75, 3.05) is 28.8 Å². The second-order valence-corrected chi connectivity index (χ2v) is 9.86. The molecule has 1 aromatic heterocycles. The van der Waals surface area contributed by atoms with Gasteiger partial charge in [-0.3, -0.25) is 0 Å². The highest BCUT2D eigenvalue weighted by Gasteiger charge is 2.32. The monoisotopic (exact) mass is 473 g/mol. The molecule has 160 valence electrons. The van der Waals surface area contributed by atoms with Crippen LogP contribution in [0, 0.1) is 12.7 Å². The molecule has 3 aromatic rings. The zero-order valence-corrected chi connectivity index (χ0v) is 19.4. The summed E-state index contributed by atoms with van der Waals surface area (Å²) in [6, 6.07) is 13.5. The van der Waals surface area contributed by atoms with E-state index in [0.29, 0.717) is 16.2 Å². The van der Waals surface area contributed by atoms with Gasteiger partial charge in [-0.25, -0.2) is 9.37 Å². The lowest BCUT2D eigenvalue weighted by atomic mass is 9.97. The molecule has 0 bridgehead atoms. The van der Waals surface area contributed by atoms with E-state index in [1.807, 2.05) is 23.9 Å². The van der Waals surface area contributed by atoms with Gasteiger partial charge < -0.3 is 9.80 Å². The van der Waals surface area contributed by atoms with Gasteiger partial charge in [-0.15, -0.1) is 11.8 Å². The number of halogens is 3. The van der Waals surface area contributed by atoms with Gasteiger partial charge in [-0.2, -0.15) is 0 Å². The maximum atomic E-state index is 13.7. The molecule has 3 nitrogen and oxygen atoms in total. The van der Waals surface area contributed by atoms with E-state index in [1.54, 1.807) is 12.3 Å². The van der Waals surface area contributed by atoms with Gasteiger partial charge >= 0.3 is 0 Å². The van der Waals surface area contributed by atoms with Crippen LogP contribution in [-0.2, 0) is 0 Å². The first-order chi connectivity index (χ1) is 15.0. The molecular formula is C24H22Cl2FN3S. The van der Waals surface area contributed by atoms with Gasteiger partial charge in [-0.05, 0) is 67.8 Å². The topological polar surface area (TPSA) is 19.4 Å². The van der Waals surface area contributed by atoms with E-state index < -0.39 is 0 Å². The van der Waals surface area contributed by atoms with Crippen molar-refractivity contribution in [3.63, 3.8) is 0 Å². The minimum Gasteiger partial charge on any atom is -0.371 e. The lowest BCUT2D eigenvalue weighted by Gasteiger charge is -2.39. The molecule has 31 heavy (non-hydrogen) atoms. The van der Waals surface area contributed by atoms with E-state index in [4.69, 9.17) is 23.2 Å². The molecule has 1 fully saturated rings. The van der Waals surface area contributed by atoms with Gasteiger partial charge in [0, 0.05) is 47.0 Å². The summed E-state index contributed by atoms with van der Waals surface area (Å²) < 4.78 is 13.7. The zero-order chi connectivity index (χ0) is 21.5. The van der Waals surface area contributed by atoms with Crippen molar-refractivity contribution in [2.24, 2.45) is 0 Å². The first-order valence-corrected chi connectivity index (χ1v) is 12.1. The fraction of sp³-hybridized carbons (Fsp3) is 0.292. The van der Waals surface area contributed by atoms with Crippen LogP contribution in [0.5, 0.6) is 0 Å². The fourth-order valence-corrected chi connectivity index (χ4v) is 6.27. The van der Waals surface area contributed by atoms with Crippen LogP contribution in [0.3, 0.4) is 0 Å². The largest absolute Gasteiger partial charge is 0.371 e. The molecule has 0 aliphatic carbocycles. The third-order valence-electron chi connectivity index (χ3n) is 6.07. The van der Waals surface area contributed by atoms with E-state index in [1.165, 1.54) is 28.3 Å². The maximum absolute atomic E-state index is 13.7. The number of aromatic nitrogens is 1.